The predicted octanol–water partition coefficient (Wildman–Crippen LogP) is 1.34. The molecule has 0 saturated heterocycles. The molecule has 0 bridgehead atoms. The Morgan fingerprint density at radius 3 is 2.23 bits per heavy atom. The maximum atomic E-state index is 11.4. The van der Waals surface area contributed by atoms with E-state index >= 15 is 0 Å². The van der Waals surface area contributed by atoms with Crippen LogP contribution in [0.1, 0.15) is 25.7 Å². The maximum absolute atomic E-state index is 11.4. The standard InChI is InChI=1S/C9H12INO2/c1-6-2-4-9(11,5-3-6)7(12)8(10)13/h1-5,11H2. The average Bonchev–Trinajstić information content (AvgIpc) is 2.09. The lowest BCUT2D eigenvalue weighted by Gasteiger charge is -2.31. The van der Waals surface area contributed by atoms with Crippen LogP contribution in [0.4, 0.5) is 0 Å². The Bertz CT molecular complexity index is 263. The van der Waals surface area contributed by atoms with Crippen molar-refractivity contribution >= 4 is 32.2 Å². The molecule has 1 aliphatic rings. The van der Waals surface area contributed by atoms with Crippen LogP contribution in [0.15, 0.2) is 12.2 Å². The molecule has 72 valence electrons. The van der Waals surface area contributed by atoms with Crippen molar-refractivity contribution in [1.82, 2.24) is 0 Å². The third-order valence-electron chi connectivity index (χ3n) is 2.48. The number of halogens is 1. The van der Waals surface area contributed by atoms with Crippen LogP contribution in [0.2, 0.25) is 0 Å². The van der Waals surface area contributed by atoms with Gasteiger partial charge in [0, 0.05) is 22.6 Å². The highest BCUT2D eigenvalue weighted by atomic mass is 127. The van der Waals surface area contributed by atoms with Crippen LogP contribution < -0.4 is 5.73 Å². The van der Waals surface area contributed by atoms with E-state index in [1.807, 2.05) is 0 Å². The number of hydrogen-bond acceptors (Lipinski definition) is 3. The van der Waals surface area contributed by atoms with E-state index in [1.54, 1.807) is 0 Å². The van der Waals surface area contributed by atoms with Crippen molar-refractivity contribution in [3.8, 4) is 0 Å². The number of Topliss-reactive ketones (excluding diaryl/α,β-unsaturated/α-hetero) is 1. The van der Waals surface area contributed by atoms with Gasteiger partial charge in [-0.25, -0.2) is 0 Å². The van der Waals surface area contributed by atoms with Gasteiger partial charge in [0.1, 0.15) is 0 Å². The molecule has 0 aromatic rings. The topological polar surface area (TPSA) is 60.2 Å². The lowest BCUT2D eigenvalue weighted by Crippen LogP contribution is -2.51. The third-order valence-corrected chi connectivity index (χ3v) is 2.97. The zero-order valence-electron chi connectivity index (χ0n) is 7.31. The van der Waals surface area contributed by atoms with Gasteiger partial charge in [0.15, 0.2) is 0 Å². The fourth-order valence-electron chi connectivity index (χ4n) is 1.47. The van der Waals surface area contributed by atoms with Crippen molar-refractivity contribution in [1.29, 1.82) is 0 Å². The van der Waals surface area contributed by atoms with Crippen LogP contribution in [0.25, 0.3) is 0 Å². The lowest BCUT2D eigenvalue weighted by molar-refractivity contribution is -0.134. The van der Waals surface area contributed by atoms with E-state index in [1.165, 1.54) is 22.6 Å². The maximum Gasteiger partial charge on any atom is 0.259 e. The summed E-state index contributed by atoms with van der Waals surface area (Å²) in [6.07, 6.45) is 2.62. The average molecular weight is 293 g/mol. The lowest BCUT2D eigenvalue weighted by atomic mass is 9.78. The van der Waals surface area contributed by atoms with Crippen molar-refractivity contribution in [2.75, 3.05) is 0 Å². The molecule has 0 aromatic heterocycles. The SMILES string of the molecule is C=C1CCC(N)(C(=O)C(=O)I)CC1. The molecule has 0 aromatic carbocycles. The van der Waals surface area contributed by atoms with Crippen molar-refractivity contribution in [3.05, 3.63) is 12.2 Å². The molecule has 1 aliphatic carbocycles. The van der Waals surface area contributed by atoms with E-state index in [4.69, 9.17) is 5.73 Å². The molecule has 0 heterocycles. The van der Waals surface area contributed by atoms with Gasteiger partial charge < -0.3 is 5.73 Å². The number of ketones is 1. The molecule has 0 amide bonds. The molecule has 0 unspecified atom stereocenters. The highest BCUT2D eigenvalue weighted by molar-refractivity contribution is 14.1. The first-order valence-electron chi connectivity index (χ1n) is 4.15. The summed E-state index contributed by atoms with van der Waals surface area (Å²) in [6.45, 7) is 3.83. The summed E-state index contributed by atoms with van der Waals surface area (Å²) in [5.74, 6) is -0.444. The van der Waals surface area contributed by atoms with Crippen molar-refractivity contribution in [2.24, 2.45) is 5.73 Å². The minimum atomic E-state index is -0.917. The molecule has 0 atom stereocenters. The highest BCUT2D eigenvalue weighted by Crippen LogP contribution is 2.30. The van der Waals surface area contributed by atoms with Gasteiger partial charge in [-0.3, -0.25) is 9.59 Å². The predicted molar refractivity (Wildman–Crippen MR) is 58.6 cm³/mol. The Kier molecular flexibility index (Phi) is 3.23. The summed E-state index contributed by atoms with van der Waals surface area (Å²) in [7, 11) is 0. The van der Waals surface area contributed by atoms with Crippen molar-refractivity contribution in [2.45, 2.75) is 31.2 Å². The van der Waals surface area contributed by atoms with Gasteiger partial charge in [-0.15, -0.1) is 0 Å². The summed E-state index contributed by atoms with van der Waals surface area (Å²) in [5.41, 5.74) is 6.05. The molecule has 0 radical (unpaired) electrons. The molecular formula is C9H12INO2. The zero-order valence-corrected chi connectivity index (χ0v) is 9.46. The van der Waals surface area contributed by atoms with Crippen LogP contribution >= 0.6 is 22.6 Å². The quantitative estimate of drug-likeness (QED) is 0.362. The van der Waals surface area contributed by atoms with Gasteiger partial charge in [0.2, 0.25) is 5.78 Å². The van der Waals surface area contributed by atoms with E-state index < -0.39 is 15.1 Å². The number of rotatable bonds is 2. The van der Waals surface area contributed by atoms with Gasteiger partial charge in [0.05, 0.1) is 5.54 Å². The third kappa shape index (κ3) is 2.37. The molecule has 4 heteroatoms. The molecule has 13 heavy (non-hydrogen) atoms. The van der Waals surface area contributed by atoms with Gasteiger partial charge in [-0.1, -0.05) is 12.2 Å². The summed E-state index contributed by atoms with van der Waals surface area (Å²) in [5, 5.41) is 0. The fourth-order valence-corrected chi connectivity index (χ4v) is 2.01. The largest absolute Gasteiger partial charge is 0.319 e. The first-order chi connectivity index (χ1) is 5.96. The van der Waals surface area contributed by atoms with Crippen LogP contribution in [0.5, 0.6) is 0 Å². The second kappa shape index (κ2) is 3.88. The van der Waals surface area contributed by atoms with Gasteiger partial charge >= 0.3 is 0 Å². The Labute approximate surface area is 90.9 Å². The van der Waals surface area contributed by atoms with Crippen molar-refractivity contribution < 1.29 is 9.59 Å². The Hall–Kier alpha value is -0.230. The number of carbonyl (C=O) groups is 2. The Morgan fingerprint density at radius 1 is 1.38 bits per heavy atom. The molecule has 0 aliphatic heterocycles. The van der Waals surface area contributed by atoms with E-state index in [-0.39, 0.29) is 0 Å². The fraction of sp³-hybridized carbons (Fsp3) is 0.556. The van der Waals surface area contributed by atoms with Crippen LogP contribution in [-0.4, -0.2) is 15.1 Å². The zero-order chi connectivity index (χ0) is 10.1. The minimum absolute atomic E-state index is 0.444. The summed E-state index contributed by atoms with van der Waals surface area (Å²) in [4.78, 5) is 22.3. The summed E-state index contributed by atoms with van der Waals surface area (Å²) < 4.78 is -0.465. The van der Waals surface area contributed by atoms with Crippen LogP contribution in [0, 0.1) is 0 Å². The summed E-state index contributed by atoms with van der Waals surface area (Å²) in [6, 6.07) is 0. The molecule has 1 fully saturated rings. The number of allylic oxidation sites excluding steroid dienone is 1. The monoisotopic (exact) mass is 293 g/mol. The van der Waals surface area contributed by atoms with Crippen molar-refractivity contribution in [3.63, 3.8) is 0 Å². The van der Waals surface area contributed by atoms with Gasteiger partial charge in [-0.05, 0) is 25.7 Å². The normalized spacial score (nSPS) is 21.2. The van der Waals surface area contributed by atoms with E-state index in [2.05, 4.69) is 6.58 Å². The highest BCUT2D eigenvalue weighted by Gasteiger charge is 2.38. The Balaban J connectivity index is 2.72. The van der Waals surface area contributed by atoms with Crippen LogP contribution in [0.3, 0.4) is 0 Å². The van der Waals surface area contributed by atoms with E-state index in [0.29, 0.717) is 12.8 Å². The second-order valence-electron chi connectivity index (χ2n) is 3.51. The molecule has 1 saturated carbocycles. The Morgan fingerprint density at radius 2 is 1.85 bits per heavy atom. The molecule has 1 rings (SSSR count). The number of nitrogens with two attached hydrogens (primary N) is 1. The van der Waals surface area contributed by atoms with Gasteiger partial charge in [-0.2, -0.15) is 0 Å². The summed E-state index contributed by atoms with van der Waals surface area (Å²) >= 11 is 1.50. The molecule has 0 spiro atoms. The molecule has 3 nitrogen and oxygen atoms in total. The van der Waals surface area contributed by atoms with Gasteiger partial charge in [0.25, 0.3) is 3.79 Å². The number of carbonyl (C=O) groups excluding carboxylic acids is 2. The molecule has 2 N–H and O–H groups in total. The first kappa shape index (κ1) is 10.8. The second-order valence-corrected chi connectivity index (χ2v) is 4.49. The first-order valence-corrected chi connectivity index (χ1v) is 5.23. The van der Waals surface area contributed by atoms with E-state index in [9.17, 15) is 9.59 Å². The van der Waals surface area contributed by atoms with E-state index in [0.717, 1.165) is 18.4 Å². The van der Waals surface area contributed by atoms with Crippen LogP contribution in [-0.2, 0) is 9.59 Å². The smallest absolute Gasteiger partial charge is 0.259 e. The molecular weight excluding hydrogens is 281 g/mol. The number of hydrogen-bond donors (Lipinski definition) is 1. The minimum Gasteiger partial charge on any atom is -0.319 e.